The minimum Gasteiger partial charge on any atom is -0.320 e. The smallest absolute Gasteiger partial charge is 0.263 e. The minimum atomic E-state index is -4.06. The van der Waals surface area contributed by atoms with Crippen LogP contribution in [0.15, 0.2) is 17.0 Å². The van der Waals surface area contributed by atoms with Gasteiger partial charge in [0.25, 0.3) is 10.0 Å². The Hall–Kier alpha value is -1.23. The summed E-state index contributed by atoms with van der Waals surface area (Å²) < 4.78 is 23.1. The third kappa shape index (κ3) is 3.08. The fourth-order valence-corrected chi connectivity index (χ4v) is 3.14. The second-order valence-electron chi connectivity index (χ2n) is 3.93. The highest BCUT2D eigenvalue weighted by molar-refractivity contribution is 7.89. The summed E-state index contributed by atoms with van der Waals surface area (Å²) in [6.07, 6.45) is 0.627. The Kier molecular flexibility index (Phi) is 5.45. The van der Waals surface area contributed by atoms with Crippen molar-refractivity contribution in [2.24, 2.45) is 5.90 Å². The molecule has 0 saturated carbocycles. The van der Waals surface area contributed by atoms with Gasteiger partial charge in [-0.1, -0.05) is 16.5 Å². The molecule has 112 valence electrons. The Morgan fingerprint density at radius 2 is 2.05 bits per heavy atom. The molecule has 8 nitrogen and oxygen atoms in total. The van der Waals surface area contributed by atoms with Gasteiger partial charge in [-0.05, 0) is 24.1 Å². The van der Waals surface area contributed by atoms with Gasteiger partial charge in [-0.25, -0.2) is 14.3 Å². The number of anilines is 1. The van der Waals surface area contributed by atoms with Crippen LogP contribution in [-0.4, -0.2) is 31.3 Å². The summed E-state index contributed by atoms with van der Waals surface area (Å²) in [5.41, 5.74) is 1.33. The number of hydrogen-bond acceptors (Lipinski definition) is 6. The molecular weight excluding hydrogens is 310 g/mol. The third-order valence-electron chi connectivity index (χ3n) is 2.82. The first kappa shape index (κ1) is 16.8. The first-order chi connectivity index (χ1) is 9.36. The van der Waals surface area contributed by atoms with Crippen LogP contribution < -0.4 is 15.7 Å². The molecule has 0 unspecified atom stereocenters. The van der Waals surface area contributed by atoms with Crippen molar-refractivity contribution >= 4 is 33.2 Å². The first-order valence-corrected chi connectivity index (χ1v) is 7.25. The van der Waals surface area contributed by atoms with Gasteiger partial charge in [0, 0.05) is 19.2 Å². The molecule has 1 amide bonds. The highest BCUT2D eigenvalue weighted by Crippen LogP contribution is 2.35. The number of rotatable bonds is 2. The number of carbonyl (C=O) groups excluding carboxylic acids is 1. The van der Waals surface area contributed by atoms with Crippen LogP contribution in [0.25, 0.3) is 0 Å². The van der Waals surface area contributed by atoms with E-state index in [2.05, 4.69) is 5.90 Å². The van der Waals surface area contributed by atoms with Crippen LogP contribution in [-0.2, 0) is 21.2 Å². The van der Waals surface area contributed by atoms with E-state index in [0.717, 1.165) is 5.56 Å². The molecule has 1 aromatic rings. The summed E-state index contributed by atoms with van der Waals surface area (Å²) in [6, 6.07) is 2.80. The van der Waals surface area contributed by atoms with Crippen LogP contribution in [0.4, 0.5) is 5.69 Å². The largest absolute Gasteiger partial charge is 0.320 e. The van der Waals surface area contributed by atoms with Gasteiger partial charge >= 0.3 is 0 Å². The van der Waals surface area contributed by atoms with Crippen LogP contribution in [0.5, 0.6) is 0 Å². The lowest BCUT2D eigenvalue weighted by molar-refractivity contribution is -0.116. The maximum Gasteiger partial charge on any atom is 0.263 e. The van der Waals surface area contributed by atoms with E-state index in [1.54, 1.807) is 0 Å². The normalized spacial score (nSPS) is 13.6. The van der Waals surface area contributed by atoms with Crippen molar-refractivity contribution < 1.29 is 23.6 Å². The standard InChI is InChI=1S/C10H11ClN2O4S.H3NO/c1-6(14)13-3-2-7-4-8(11)10(5-9(7)13)18(16,17)12-15;1-2/h4-5,12,15H,2-3H2,1H3;2H,1H2. The molecule has 10 heteroatoms. The van der Waals surface area contributed by atoms with E-state index in [9.17, 15) is 13.2 Å². The van der Waals surface area contributed by atoms with E-state index < -0.39 is 10.0 Å². The lowest BCUT2D eigenvalue weighted by Crippen LogP contribution is -2.26. The lowest BCUT2D eigenvalue weighted by atomic mass is 10.2. The van der Waals surface area contributed by atoms with Crippen LogP contribution >= 0.6 is 11.6 Å². The number of carbonyl (C=O) groups is 1. The Balaban J connectivity index is 0.000000956. The molecule has 0 spiro atoms. The fourth-order valence-electron chi connectivity index (χ4n) is 1.97. The number of nitrogens with zero attached hydrogens (tertiary/aromatic N) is 1. The minimum absolute atomic E-state index is 0.0145. The lowest BCUT2D eigenvalue weighted by Gasteiger charge is -2.16. The van der Waals surface area contributed by atoms with Crippen LogP contribution in [0.1, 0.15) is 12.5 Å². The molecular formula is C10H14ClN3O5S. The Labute approximate surface area is 120 Å². The molecule has 1 aliphatic rings. The van der Waals surface area contributed by atoms with Crippen molar-refractivity contribution in [2.75, 3.05) is 11.4 Å². The molecule has 1 aromatic carbocycles. The zero-order valence-electron chi connectivity index (χ0n) is 10.5. The number of halogens is 1. The summed E-state index contributed by atoms with van der Waals surface area (Å²) in [5, 5.41) is 15.1. The van der Waals surface area contributed by atoms with Crippen molar-refractivity contribution in [3.63, 3.8) is 0 Å². The van der Waals surface area contributed by atoms with Crippen molar-refractivity contribution in [3.8, 4) is 0 Å². The quantitative estimate of drug-likeness (QED) is 0.577. The zero-order valence-corrected chi connectivity index (χ0v) is 12.1. The van der Waals surface area contributed by atoms with Gasteiger partial charge in [0.15, 0.2) is 0 Å². The van der Waals surface area contributed by atoms with Crippen molar-refractivity contribution in [3.05, 3.63) is 22.7 Å². The van der Waals surface area contributed by atoms with E-state index in [-0.39, 0.29) is 15.8 Å². The average molecular weight is 324 g/mol. The summed E-state index contributed by atoms with van der Waals surface area (Å²) >= 11 is 5.86. The van der Waals surface area contributed by atoms with Gasteiger partial charge in [0.05, 0.1) is 5.02 Å². The van der Waals surface area contributed by atoms with E-state index >= 15 is 0 Å². The maximum atomic E-state index is 11.5. The molecule has 0 radical (unpaired) electrons. The SMILES string of the molecule is CC(=O)N1CCc2cc(Cl)c(S(=O)(=O)NO)cc21.NO. The van der Waals surface area contributed by atoms with Crippen LogP contribution in [0.3, 0.4) is 0 Å². The van der Waals surface area contributed by atoms with Gasteiger partial charge in [0.2, 0.25) is 5.91 Å². The van der Waals surface area contributed by atoms with Gasteiger partial charge in [-0.2, -0.15) is 0 Å². The van der Waals surface area contributed by atoms with E-state index in [1.807, 2.05) is 0 Å². The van der Waals surface area contributed by atoms with Gasteiger partial charge in [-0.15, -0.1) is 0 Å². The summed E-state index contributed by atoms with van der Waals surface area (Å²) in [5.74, 6) is 3.33. The topological polar surface area (TPSA) is 133 Å². The average Bonchev–Trinajstić information content (AvgIpc) is 2.82. The fraction of sp³-hybridized carbons (Fsp3) is 0.300. The van der Waals surface area contributed by atoms with Crippen LogP contribution in [0.2, 0.25) is 5.02 Å². The summed E-state index contributed by atoms with van der Waals surface area (Å²) in [6.45, 7) is 1.90. The zero-order chi connectivity index (χ0) is 15.5. The molecule has 0 aliphatic carbocycles. The van der Waals surface area contributed by atoms with E-state index in [4.69, 9.17) is 22.0 Å². The summed E-state index contributed by atoms with van der Waals surface area (Å²) in [4.78, 5) is 13.8. The van der Waals surface area contributed by atoms with E-state index in [0.29, 0.717) is 18.7 Å². The molecule has 5 N–H and O–H groups in total. The van der Waals surface area contributed by atoms with Gasteiger partial charge < -0.3 is 15.3 Å². The summed E-state index contributed by atoms with van der Waals surface area (Å²) in [7, 11) is -4.06. The Morgan fingerprint density at radius 3 is 2.55 bits per heavy atom. The third-order valence-corrected chi connectivity index (χ3v) is 4.40. The molecule has 0 aromatic heterocycles. The number of nitrogens with one attached hydrogen (secondary N) is 1. The molecule has 1 aliphatic heterocycles. The van der Waals surface area contributed by atoms with Crippen molar-refractivity contribution in [1.82, 2.24) is 4.89 Å². The van der Waals surface area contributed by atoms with Gasteiger partial charge in [-0.3, -0.25) is 4.79 Å². The van der Waals surface area contributed by atoms with Crippen molar-refractivity contribution in [2.45, 2.75) is 18.2 Å². The van der Waals surface area contributed by atoms with Crippen molar-refractivity contribution in [1.29, 1.82) is 0 Å². The Morgan fingerprint density at radius 1 is 1.45 bits per heavy atom. The predicted molar refractivity (Wildman–Crippen MR) is 71.3 cm³/mol. The highest BCUT2D eigenvalue weighted by atomic mass is 35.5. The number of hydrogen-bond donors (Lipinski definition) is 4. The van der Waals surface area contributed by atoms with E-state index in [1.165, 1.54) is 28.8 Å². The van der Waals surface area contributed by atoms with Crippen LogP contribution in [0, 0.1) is 0 Å². The highest BCUT2D eigenvalue weighted by Gasteiger charge is 2.27. The number of amides is 1. The molecule has 0 atom stereocenters. The molecule has 0 saturated heterocycles. The molecule has 0 bridgehead atoms. The monoisotopic (exact) mass is 323 g/mol. The maximum absolute atomic E-state index is 11.5. The number of sulfonamides is 1. The predicted octanol–water partition coefficient (Wildman–Crippen LogP) is 0.251. The van der Waals surface area contributed by atoms with Gasteiger partial charge in [0.1, 0.15) is 4.90 Å². The molecule has 20 heavy (non-hydrogen) atoms. The first-order valence-electron chi connectivity index (χ1n) is 5.39. The number of nitrogens with two attached hydrogens (primary N) is 1. The molecule has 0 fully saturated rings. The molecule has 1 heterocycles. The second kappa shape index (κ2) is 6.48. The molecule has 2 rings (SSSR count). The number of fused-ring (bicyclic) bond motifs is 1. The second-order valence-corrected chi connectivity index (χ2v) is 5.96. The number of benzene rings is 1. The Bertz CT molecular complexity index is 620.